The molecule has 0 amide bonds. The van der Waals surface area contributed by atoms with Crippen molar-refractivity contribution in [3.8, 4) is 67.0 Å². The number of rotatable bonds is 7. The van der Waals surface area contributed by atoms with Crippen LogP contribution in [0.4, 0.5) is 0 Å². The van der Waals surface area contributed by atoms with Gasteiger partial charge in [0.15, 0.2) is 0 Å². The second kappa shape index (κ2) is 14.8. The van der Waals surface area contributed by atoms with E-state index in [-0.39, 0.29) is 0 Å². The Labute approximate surface area is 360 Å². The topological polar surface area (TPSA) is 9.86 Å². The molecule has 62 heavy (non-hydrogen) atoms. The highest BCUT2D eigenvalue weighted by Gasteiger charge is 2.17. The maximum atomic E-state index is 2.43. The summed E-state index contributed by atoms with van der Waals surface area (Å²) < 4.78 is 4.84. The summed E-state index contributed by atoms with van der Waals surface area (Å²) in [6.07, 6.45) is 0. The van der Waals surface area contributed by atoms with Gasteiger partial charge < -0.3 is 9.13 Å². The molecule has 0 N–H and O–H groups in total. The lowest BCUT2D eigenvalue weighted by Gasteiger charge is -2.13. The molecule has 0 bridgehead atoms. The van der Waals surface area contributed by atoms with E-state index in [1.54, 1.807) is 0 Å². The molecule has 290 valence electrons. The number of hydrogen-bond donors (Lipinski definition) is 0. The van der Waals surface area contributed by atoms with E-state index in [1.807, 2.05) is 0 Å². The molecule has 0 fully saturated rings. The van der Waals surface area contributed by atoms with Gasteiger partial charge in [0.1, 0.15) is 0 Å². The Morgan fingerprint density at radius 1 is 0.177 bits per heavy atom. The molecular formula is C60H40N2. The zero-order chi connectivity index (χ0) is 41.0. The zero-order valence-corrected chi connectivity index (χ0v) is 34.0. The minimum atomic E-state index is 1.14. The Bertz CT molecular complexity index is 3570. The number of fused-ring (bicyclic) bond motifs is 6. The molecular weight excluding hydrogens is 749 g/mol. The first-order chi connectivity index (χ1) is 30.7. The molecule has 2 heterocycles. The lowest BCUT2D eigenvalue weighted by atomic mass is 9.94. The van der Waals surface area contributed by atoms with Crippen molar-refractivity contribution in [2.45, 2.75) is 0 Å². The number of aromatic nitrogens is 2. The van der Waals surface area contributed by atoms with Crippen LogP contribution in [0.5, 0.6) is 0 Å². The number of nitrogens with zero attached hydrogens (tertiary/aromatic N) is 2. The van der Waals surface area contributed by atoms with Crippen LogP contribution in [0.2, 0.25) is 0 Å². The third kappa shape index (κ3) is 6.12. The first-order valence-corrected chi connectivity index (χ1v) is 21.3. The minimum Gasteiger partial charge on any atom is -0.309 e. The van der Waals surface area contributed by atoms with Gasteiger partial charge in [0.2, 0.25) is 0 Å². The smallest absolute Gasteiger partial charge is 0.0561 e. The highest BCUT2D eigenvalue weighted by Crippen LogP contribution is 2.38. The van der Waals surface area contributed by atoms with E-state index < -0.39 is 0 Å². The van der Waals surface area contributed by atoms with Crippen LogP contribution >= 0.6 is 0 Å². The van der Waals surface area contributed by atoms with Crippen LogP contribution < -0.4 is 0 Å². The molecule has 0 saturated heterocycles. The predicted octanol–water partition coefficient (Wildman–Crippen LogP) is 16.2. The van der Waals surface area contributed by atoms with Crippen LogP contribution in [0.3, 0.4) is 0 Å². The van der Waals surface area contributed by atoms with Gasteiger partial charge in [-0.2, -0.15) is 0 Å². The maximum Gasteiger partial charge on any atom is 0.0561 e. The largest absolute Gasteiger partial charge is 0.309 e. The third-order valence-electron chi connectivity index (χ3n) is 12.5. The van der Waals surface area contributed by atoms with Crippen LogP contribution in [0.25, 0.3) is 111 Å². The van der Waals surface area contributed by atoms with Gasteiger partial charge in [-0.1, -0.05) is 182 Å². The maximum absolute atomic E-state index is 2.43. The van der Waals surface area contributed by atoms with Gasteiger partial charge in [-0.25, -0.2) is 0 Å². The Morgan fingerprint density at radius 3 is 0.984 bits per heavy atom. The molecule has 2 nitrogen and oxygen atoms in total. The standard InChI is InChI=1S/C60H40N2/c1-2-14-41(15-3-1)44-16-10-18-46(36-44)48-20-12-21-49(38-48)47-19-11-17-45(37-47)42-30-32-43(33-31-42)50-22-13-23-51(39-50)62-59-29-9-6-26-55(59)56-35-34-52(40-60(56)62)61-57-27-7-4-24-53(57)54-25-5-8-28-58(54)61/h1-40H. The van der Waals surface area contributed by atoms with Gasteiger partial charge in [-0.15, -0.1) is 0 Å². The van der Waals surface area contributed by atoms with E-state index in [2.05, 4.69) is 252 Å². The molecule has 2 aromatic heterocycles. The zero-order valence-electron chi connectivity index (χ0n) is 34.0. The van der Waals surface area contributed by atoms with Crippen molar-refractivity contribution < 1.29 is 0 Å². The number of para-hydroxylation sites is 3. The number of benzene rings is 10. The van der Waals surface area contributed by atoms with E-state index >= 15 is 0 Å². The van der Waals surface area contributed by atoms with Gasteiger partial charge in [0.05, 0.1) is 22.1 Å². The molecule has 0 atom stereocenters. The van der Waals surface area contributed by atoms with Crippen molar-refractivity contribution in [3.63, 3.8) is 0 Å². The molecule has 2 heteroatoms. The van der Waals surface area contributed by atoms with E-state index in [0.29, 0.717) is 0 Å². The van der Waals surface area contributed by atoms with Crippen molar-refractivity contribution in [1.82, 2.24) is 9.13 Å². The van der Waals surface area contributed by atoms with E-state index in [4.69, 9.17) is 0 Å². The van der Waals surface area contributed by atoms with Crippen molar-refractivity contribution >= 4 is 43.6 Å². The molecule has 0 unspecified atom stereocenters. The van der Waals surface area contributed by atoms with Crippen LogP contribution in [0.15, 0.2) is 243 Å². The summed E-state index contributed by atoms with van der Waals surface area (Å²) in [5.41, 5.74) is 19.1. The van der Waals surface area contributed by atoms with Crippen molar-refractivity contribution in [2.75, 3.05) is 0 Å². The lowest BCUT2D eigenvalue weighted by molar-refractivity contribution is 1.15. The Kier molecular flexibility index (Phi) is 8.53. The van der Waals surface area contributed by atoms with Crippen LogP contribution in [-0.2, 0) is 0 Å². The molecule has 0 aliphatic carbocycles. The second-order valence-electron chi connectivity index (χ2n) is 16.2. The second-order valence-corrected chi connectivity index (χ2v) is 16.2. The van der Waals surface area contributed by atoms with E-state index in [9.17, 15) is 0 Å². The van der Waals surface area contributed by atoms with Gasteiger partial charge in [-0.3, -0.25) is 0 Å². The Morgan fingerprint density at radius 2 is 0.500 bits per heavy atom. The average Bonchev–Trinajstić information content (AvgIpc) is 3.87. The lowest BCUT2D eigenvalue weighted by Crippen LogP contribution is -1.97. The van der Waals surface area contributed by atoms with Gasteiger partial charge in [0, 0.05) is 32.9 Å². The summed E-state index contributed by atoms with van der Waals surface area (Å²) in [7, 11) is 0. The predicted molar refractivity (Wildman–Crippen MR) is 262 cm³/mol. The SMILES string of the molecule is c1ccc(-c2cccc(-c3cccc(-c4cccc(-c5ccc(-c6cccc(-n7c8ccccc8c8ccc(-n9c%10ccccc%10c%10ccccc%109)cc87)c6)cc5)c4)c3)c2)cc1. The Balaban J connectivity index is 0.878. The summed E-state index contributed by atoms with van der Waals surface area (Å²) >= 11 is 0. The molecule has 10 aromatic carbocycles. The van der Waals surface area contributed by atoms with Gasteiger partial charge in [-0.05, 0) is 116 Å². The summed E-state index contributed by atoms with van der Waals surface area (Å²) in [6.45, 7) is 0. The summed E-state index contributed by atoms with van der Waals surface area (Å²) in [4.78, 5) is 0. The highest BCUT2D eigenvalue weighted by atomic mass is 15.0. The van der Waals surface area contributed by atoms with E-state index in [1.165, 1.54) is 99.2 Å². The van der Waals surface area contributed by atoms with Gasteiger partial charge >= 0.3 is 0 Å². The summed E-state index contributed by atoms with van der Waals surface area (Å²) in [6, 6.07) is 88.4. The molecule has 0 aliphatic rings. The minimum absolute atomic E-state index is 1.14. The fraction of sp³-hybridized carbons (Fsp3) is 0. The molecule has 0 aliphatic heterocycles. The number of hydrogen-bond acceptors (Lipinski definition) is 0. The summed E-state index contributed by atoms with van der Waals surface area (Å²) in [5, 5.41) is 5.02. The van der Waals surface area contributed by atoms with Gasteiger partial charge in [0.25, 0.3) is 0 Å². The molecule has 12 aromatic rings. The normalized spacial score (nSPS) is 11.5. The van der Waals surface area contributed by atoms with E-state index in [0.717, 1.165) is 11.4 Å². The quantitative estimate of drug-likeness (QED) is 0.152. The molecule has 12 rings (SSSR count). The van der Waals surface area contributed by atoms with Crippen LogP contribution in [0.1, 0.15) is 0 Å². The monoisotopic (exact) mass is 788 g/mol. The third-order valence-corrected chi connectivity index (χ3v) is 12.5. The molecule has 0 radical (unpaired) electrons. The summed E-state index contributed by atoms with van der Waals surface area (Å²) in [5.74, 6) is 0. The first-order valence-electron chi connectivity index (χ1n) is 21.3. The molecule has 0 saturated carbocycles. The van der Waals surface area contributed by atoms with Crippen molar-refractivity contribution in [3.05, 3.63) is 243 Å². The first kappa shape index (κ1) is 35.7. The molecule has 0 spiro atoms. The highest BCUT2D eigenvalue weighted by molar-refractivity contribution is 6.12. The van der Waals surface area contributed by atoms with Crippen molar-refractivity contribution in [2.24, 2.45) is 0 Å². The van der Waals surface area contributed by atoms with Crippen LogP contribution in [0, 0.1) is 0 Å². The average molecular weight is 789 g/mol. The van der Waals surface area contributed by atoms with Crippen molar-refractivity contribution in [1.29, 1.82) is 0 Å². The van der Waals surface area contributed by atoms with Crippen LogP contribution in [-0.4, -0.2) is 9.13 Å². The fourth-order valence-corrected chi connectivity index (χ4v) is 9.52. The Hall–Kier alpha value is -8.20. The fourth-order valence-electron chi connectivity index (χ4n) is 9.52.